The van der Waals surface area contributed by atoms with Crippen molar-refractivity contribution < 1.29 is 0 Å². The van der Waals surface area contributed by atoms with E-state index in [-0.39, 0.29) is 29.8 Å². The first-order valence-electron chi connectivity index (χ1n) is 19.8. The number of anilines is 2. The highest BCUT2D eigenvalue weighted by molar-refractivity contribution is 8.00. The van der Waals surface area contributed by atoms with Crippen LogP contribution in [0.5, 0.6) is 0 Å². The molecule has 0 N–H and O–H groups in total. The molecule has 0 spiro atoms. The Balaban J connectivity index is 1.38. The molecule has 4 heterocycles. The van der Waals surface area contributed by atoms with Crippen LogP contribution in [0.25, 0.3) is 43.8 Å². The molecule has 0 radical (unpaired) electrons. The number of nitrogens with zero attached hydrogens (tertiary/aromatic N) is 1. The van der Waals surface area contributed by atoms with Crippen molar-refractivity contribution in [3.63, 3.8) is 0 Å². The highest BCUT2D eigenvalue weighted by Crippen LogP contribution is 2.52. The van der Waals surface area contributed by atoms with Gasteiger partial charge in [-0.05, 0) is 106 Å². The van der Waals surface area contributed by atoms with Gasteiger partial charge in [0, 0.05) is 32.3 Å². The monoisotopic (exact) mass is 713 g/mol. The Kier molecular flexibility index (Phi) is 6.40. The van der Waals surface area contributed by atoms with Crippen molar-refractivity contribution in [3.8, 4) is 22.3 Å². The maximum Gasteiger partial charge on any atom is 0.330 e. The van der Waals surface area contributed by atoms with E-state index in [1.54, 1.807) is 0 Å². The predicted octanol–water partition coefficient (Wildman–Crippen LogP) is 10.1. The molecule has 0 saturated heterocycles. The lowest BCUT2D eigenvalue weighted by Gasteiger charge is -2.51. The van der Waals surface area contributed by atoms with Crippen LogP contribution in [0.1, 0.15) is 79.0 Å². The first-order chi connectivity index (χ1) is 25.7. The fourth-order valence-electron chi connectivity index (χ4n) is 10.2. The summed E-state index contributed by atoms with van der Waals surface area (Å²) in [5, 5.41) is 5.39. The van der Waals surface area contributed by atoms with Crippen molar-refractivity contribution in [2.24, 2.45) is 0 Å². The number of rotatable bonds is 0. The Labute approximate surface area is 325 Å². The number of hydrogen-bond donors (Lipinski definition) is 0. The molecular formula is C50H45B2NS. The molecular weight excluding hydrogens is 668 g/mol. The molecule has 0 unspecified atom stereocenters. The van der Waals surface area contributed by atoms with E-state index in [4.69, 9.17) is 0 Å². The minimum Gasteiger partial charge on any atom is -0.377 e. The smallest absolute Gasteiger partial charge is 0.330 e. The number of hydrogen-bond acceptors (Lipinski definition) is 2. The first kappa shape index (κ1) is 32.7. The Morgan fingerprint density at radius 2 is 1.00 bits per heavy atom. The number of benzene rings is 7. The fourth-order valence-corrected chi connectivity index (χ4v) is 11.3. The summed E-state index contributed by atoms with van der Waals surface area (Å²) in [4.78, 5) is 5.61. The van der Waals surface area contributed by atoms with Crippen molar-refractivity contribution in [2.75, 3.05) is 4.81 Å². The van der Waals surface area contributed by atoms with Gasteiger partial charge in [0.2, 0.25) is 6.71 Å². The molecule has 4 heteroatoms. The van der Waals surface area contributed by atoms with E-state index >= 15 is 0 Å². The number of fused-ring (bicyclic) bond motifs is 14. The van der Waals surface area contributed by atoms with Gasteiger partial charge in [0.25, 0.3) is 0 Å². The SMILES string of the molecule is CC(C)(C)c1ccc2c(c1)B1c3cc(C(C)(C)C)cc4c3N3B(c5cc(C(C)(C)C)ccc5-c5ccc(c1c53)S2)c1c-4c2ccccc2c2ccccc12. The summed E-state index contributed by atoms with van der Waals surface area (Å²) in [6, 6.07) is 43.3. The Morgan fingerprint density at radius 3 is 1.69 bits per heavy atom. The fraction of sp³-hybridized carbons (Fsp3) is 0.240. The summed E-state index contributed by atoms with van der Waals surface area (Å²) in [6.07, 6.45) is 0. The maximum absolute atomic E-state index is 2.83. The van der Waals surface area contributed by atoms with E-state index in [0.717, 1.165) is 0 Å². The molecule has 0 aliphatic carbocycles. The van der Waals surface area contributed by atoms with Crippen molar-refractivity contribution >= 4 is 85.6 Å². The molecule has 11 rings (SSSR count). The van der Waals surface area contributed by atoms with Crippen LogP contribution < -0.4 is 32.1 Å². The lowest BCUT2D eigenvalue weighted by atomic mass is 9.31. The average Bonchev–Trinajstić information content (AvgIpc) is 3.14. The highest BCUT2D eigenvalue weighted by atomic mass is 32.2. The second kappa shape index (κ2) is 10.5. The topological polar surface area (TPSA) is 3.24 Å². The van der Waals surface area contributed by atoms with Crippen LogP contribution >= 0.6 is 11.8 Å². The van der Waals surface area contributed by atoms with E-state index in [9.17, 15) is 0 Å². The molecule has 4 aliphatic rings. The van der Waals surface area contributed by atoms with Crippen LogP contribution in [0.15, 0.2) is 119 Å². The zero-order valence-corrected chi connectivity index (χ0v) is 33.7. The summed E-state index contributed by atoms with van der Waals surface area (Å²) >= 11 is 1.97. The molecule has 0 saturated carbocycles. The summed E-state index contributed by atoms with van der Waals surface area (Å²) in [5.41, 5.74) is 19.9. The minimum absolute atomic E-state index is 0.0247. The molecule has 0 amide bonds. The highest BCUT2D eigenvalue weighted by Gasteiger charge is 2.52. The van der Waals surface area contributed by atoms with E-state index in [1.165, 1.54) is 109 Å². The predicted molar refractivity (Wildman–Crippen MR) is 237 cm³/mol. The van der Waals surface area contributed by atoms with Crippen LogP contribution in [-0.4, -0.2) is 13.6 Å². The zero-order valence-electron chi connectivity index (χ0n) is 32.9. The third kappa shape index (κ3) is 4.27. The van der Waals surface area contributed by atoms with Crippen molar-refractivity contribution in [1.29, 1.82) is 0 Å². The second-order valence-electron chi connectivity index (χ2n) is 19.3. The molecule has 0 fully saturated rings. The summed E-state index contributed by atoms with van der Waals surface area (Å²) in [7, 11) is 0. The Hall–Kier alpha value is -4.66. The Bertz CT molecular complexity index is 2830. The minimum atomic E-state index is -0.0320. The van der Waals surface area contributed by atoms with Gasteiger partial charge in [-0.1, -0.05) is 171 Å². The van der Waals surface area contributed by atoms with E-state index in [2.05, 4.69) is 176 Å². The van der Waals surface area contributed by atoms with E-state index in [1.807, 2.05) is 11.8 Å². The van der Waals surface area contributed by atoms with Gasteiger partial charge in [0.15, 0.2) is 0 Å². The molecule has 262 valence electrons. The van der Waals surface area contributed by atoms with Gasteiger partial charge in [-0.15, -0.1) is 0 Å². The molecule has 7 aromatic rings. The first-order valence-corrected chi connectivity index (χ1v) is 20.6. The van der Waals surface area contributed by atoms with Crippen LogP contribution in [0.2, 0.25) is 0 Å². The summed E-state index contributed by atoms with van der Waals surface area (Å²) in [5.74, 6) is 0. The molecule has 4 aliphatic heterocycles. The molecule has 0 bridgehead atoms. The van der Waals surface area contributed by atoms with Crippen LogP contribution in [-0.2, 0) is 16.2 Å². The van der Waals surface area contributed by atoms with Gasteiger partial charge in [0.1, 0.15) is 0 Å². The molecule has 1 nitrogen and oxygen atoms in total. The lowest BCUT2D eigenvalue weighted by Crippen LogP contribution is -2.69. The van der Waals surface area contributed by atoms with Crippen molar-refractivity contribution in [1.82, 2.24) is 0 Å². The average molecular weight is 714 g/mol. The normalized spacial score (nSPS) is 14.9. The van der Waals surface area contributed by atoms with Gasteiger partial charge in [-0.25, -0.2) is 0 Å². The van der Waals surface area contributed by atoms with Gasteiger partial charge >= 0.3 is 6.85 Å². The van der Waals surface area contributed by atoms with Crippen LogP contribution in [0.4, 0.5) is 11.4 Å². The molecule has 0 atom stereocenters. The van der Waals surface area contributed by atoms with E-state index < -0.39 is 0 Å². The van der Waals surface area contributed by atoms with Gasteiger partial charge in [0.05, 0.1) is 0 Å². The third-order valence-corrected chi connectivity index (χ3v) is 14.1. The largest absolute Gasteiger partial charge is 0.377 e. The maximum atomic E-state index is 2.83. The zero-order chi connectivity index (χ0) is 37.2. The molecule has 7 aromatic carbocycles. The van der Waals surface area contributed by atoms with Crippen LogP contribution in [0, 0.1) is 0 Å². The van der Waals surface area contributed by atoms with Gasteiger partial charge in [-0.2, -0.15) is 0 Å². The molecule has 0 aromatic heterocycles. The van der Waals surface area contributed by atoms with Crippen molar-refractivity contribution in [3.05, 3.63) is 126 Å². The van der Waals surface area contributed by atoms with Crippen LogP contribution in [0.3, 0.4) is 0 Å². The van der Waals surface area contributed by atoms with Crippen molar-refractivity contribution in [2.45, 2.75) is 88.3 Å². The lowest BCUT2D eigenvalue weighted by molar-refractivity contribution is 0.590. The standard InChI is InChI=1S/C50H45B2NS/c1-48(2,3)28-18-20-33-36-21-23-42-45-47(36)53-46-37(43-34-16-12-10-14-31(34)32-15-11-13-17-35(32)44(43)52(53)38(33)25-28)24-30(50(7,8)9)27-40(46)51(45)39-26-29(49(4,5)6)19-22-41(39)54-42/h10-27H,1-9H3. The summed E-state index contributed by atoms with van der Waals surface area (Å²) in [6.45, 7) is 21.5. The second-order valence-corrected chi connectivity index (χ2v) is 20.4. The van der Waals surface area contributed by atoms with Gasteiger partial charge in [-0.3, -0.25) is 0 Å². The quantitative estimate of drug-likeness (QED) is 0.114. The summed E-state index contributed by atoms with van der Waals surface area (Å²) < 4.78 is 0. The third-order valence-electron chi connectivity index (χ3n) is 12.9. The molecule has 54 heavy (non-hydrogen) atoms. The van der Waals surface area contributed by atoms with E-state index in [0.29, 0.717) is 0 Å². The van der Waals surface area contributed by atoms with Gasteiger partial charge < -0.3 is 4.81 Å². The Morgan fingerprint density at radius 1 is 0.444 bits per heavy atom.